The van der Waals surface area contributed by atoms with Crippen LogP contribution >= 0.6 is 0 Å². The SMILES string of the molecule is C=N/C(=C\C(=N/C)C(=O)OC)C(=O)OC. The van der Waals surface area contributed by atoms with Gasteiger partial charge in [0.25, 0.3) is 0 Å². The second-order valence-electron chi connectivity index (χ2n) is 2.28. The van der Waals surface area contributed by atoms with Crippen molar-refractivity contribution in [3.05, 3.63) is 11.8 Å². The fraction of sp³-hybridized carbons (Fsp3) is 0.333. The zero-order chi connectivity index (χ0) is 11.8. The van der Waals surface area contributed by atoms with Crippen LogP contribution in [-0.2, 0) is 19.1 Å². The topological polar surface area (TPSA) is 77.3 Å². The van der Waals surface area contributed by atoms with E-state index in [1.54, 1.807) is 0 Å². The Kier molecular flexibility index (Phi) is 5.62. The highest BCUT2D eigenvalue weighted by Gasteiger charge is 2.13. The van der Waals surface area contributed by atoms with Crippen molar-refractivity contribution in [2.24, 2.45) is 9.98 Å². The van der Waals surface area contributed by atoms with E-state index in [1.165, 1.54) is 21.3 Å². The number of esters is 2. The Balaban J connectivity index is 5.04. The van der Waals surface area contributed by atoms with E-state index in [0.29, 0.717) is 0 Å². The standard InChI is InChI=1S/C9H12N2O4/c1-10-6(8(12)14-3)5-7(11-2)9(13)15-4/h5H,1H2,2-4H3/b6-5-,11-7+. The number of hydrogen-bond donors (Lipinski definition) is 0. The lowest BCUT2D eigenvalue weighted by molar-refractivity contribution is -0.136. The third-order valence-electron chi connectivity index (χ3n) is 1.47. The number of carbonyl (C=O) groups excluding carboxylic acids is 2. The average molecular weight is 212 g/mol. The monoisotopic (exact) mass is 212 g/mol. The summed E-state index contributed by atoms with van der Waals surface area (Å²) in [6.45, 7) is 3.18. The Labute approximate surface area is 87.3 Å². The zero-order valence-corrected chi connectivity index (χ0v) is 8.81. The van der Waals surface area contributed by atoms with Gasteiger partial charge in [-0.2, -0.15) is 0 Å². The van der Waals surface area contributed by atoms with Gasteiger partial charge in [-0.1, -0.05) is 0 Å². The van der Waals surface area contributed by atoms with Gasteiger partial charge in [0.05, 0.1) is 14.2 Å². The van der Waals surface area contributed by atoms with Crippen LogP contribution in [0, 0.1) is 0 Å². The molecule has 0 aromatic heterocycles. The molecule has 0 rings (SSSR count). The Morgan fingerprint density at radius 3 is 2.07 bits per heavy atom. The number of ether oxygens (including phenoxy) is 2. The summed E-state index contributed by atoms with van der Waals surface area (Å²) in [5.74, 6) is -1.36. The van der Waals surface area contributed by atoms with Crippen molar-refractivity contribution in [3.63, 3.8) is 0 Å². The molecule has 6 heteroatoms. The lowest BCUT2D eigenvalue weighted by atomic mass is 10.3. The smallest absolute Gasteiger partial charge is 0.356 e. The molecule has 0 saturated carbocycles. The van der Waals surface area contributed by atoms with Crippen molar-refractivity contribution < 1.29 is 19.1 Å². The maximum Gasteiger partial charge on any atom is 0.356 e. The highest BCUT2D eigenvalue weighted by Crippen LogP contribution is 2.00. The molecular weight excluding hydrogens is 200 g/mol. The summed E-state index contributed by atoms with van der Waals surface area (Å²) >= 11 is 0. The van der Waals surface area contributed by atoms with E-state index in [-0.39, 0.29) is 11.4 Å². The maximum atomic E-state index is 11.1. The molecule has 0 fully saturated rings. The van der Waals surface area contributed by atoms with E-state index in [0.717, 1.165) is 6.08 Å². The summed E-state index contributed by atoms with van der Waals surface area (Å²) in [7, 11) is 3.80. The van der Waals surface area contributed by atoms with Crippen molar-refractivity contribution in [2.45, 2.75) is 0 Å². The molecule has 0 unspecified atom stereocenters. The summed E-state index contributed by atoms with van der Waals surface area (Å²) in [6, 6.07) is 0. The van der Waals surface area contributed by atoms with Gasteiger partial charge in [0.2, 0.25) is 0 Å². The number of nitrogens with zero attached hydrogens (tertiary/aromatic N) is 2. The van der Waals surface area contributed by atoms with Gasteiger partial charge in [-0.25, -0.2) is 9.59 Å². The third-order valence-corrected chi connectivity index (χ3v) is 1.47. The molecule has 0 aromatic carbocycles. The van der Waals surface area contributed by atoms with Crippen molar-refractivity contribution in [2.75, 3.05) is 21.3 Å². The minimum atomic E-state index is -0.699. The molecule has 0 aliphatic rings. The maximum absolute atomic E-state index is 11.1. The van der Waals surface area contributed by atoms with E-state index >= 15 is 0 Å². The third kappa shape index (κ3) is 3.72. The average Bonchev–Trinajstić information content (AvgIpc) is 2.28. The number of carbonyl (C=O) groups is 2. The van der Waals surface area contributed by atoms with Crippen LogP contribution in [-0.4, -0.2) is 45.6 Å². The fourth-order valence-corrected chi connectivity index (χ4v) is 0.723. The van der Waals surface area contributed by atoms with Crippen molar-refractivity contribution in [1.29, 1.82) is 0 Å². The van der Waals surface area contributed by atoms with Crippen LogP contribution in [0.15, 0.2) is 21.8 Å². The highest BCUT2D eigenvalue weighted by atomic mass is 16.5. The lowest BCUT2D eigenvalue weighted by Gasteiger charge is -2.00. The molecule has 0 amide bonds. The van der Waals surface area contributed by atoms with Gasteiger partial charge in [-0.05, 0) is 6.72 Å². The summed E-state index contributed by atoms with van der Waals surface area (Å²) in [6.07, 6.45) is 1.14. The van der Waals surface area contributed by atoms with E-state index in [1.807, 2.05) is 0 Å². The Hall–Kier alpha value is -1.98. The molecule has 0 saturated heterocycles. The molecule has 0 atom stereocenters. The molecule has 0 radical (unpaired) electrons. The van der Waals surface area contributed by atoms with Crippen molar-refractivity contribution in [1.82, 2.24) is 0 Å². The van der Waals surface area contributed by atoms with E-state index < -0.39 is 11.9 Å². The first-order valence-electron chi connectivity index (χ1n) is 3.92. The second kappa shape index (κ2) is 6.47. The molecule has 0 N–H and O–H groups in total. The molecule has 82 valence electrons. The van der Waals surface area contributed by atoms with E-state index in [9.17, 15) is 9.59 Å². The number of methoxy groups -OCH3 is 2. The second-order valence-corrected chi connectivity index (χ2v) is 2.28. The quantitative estimate of drug-likeness (QED) is 0.373. The van der Waals surface area contributed by atoms with Gasteiger partial charge in [0.15, 0.2) is 0 Å². The van der Waals surface area contributed by atoms with Gasteiger partial charge < -0.3 is 9.47 Å². The number of rotatable bonds is 4. The fourth-order valence-electron chi connectivity index (χ4n) is 0.723. The van der Waals surface area contributed by atoms with Gasteiger partial charge in [0.1, 0.15) is 11.4 Å². The Morgan fingerprint density at radius 1 is 1.20 bits per heavy atom. The summed E-state index contributed by atoms with van der Waals surface area (Å²) in [4.78, 5) is 29.2. The molecule has 0 heterocycles. The number of aliphatic imine (C=N–C) groups is 2. The van der Waals surface area contributed by atoms with Crippen LogP contribution in [0.3, 0.4) is 0 Å². The van der Waals surface area contributed by atoms with Crippen LogP contribution in [0.2, 0.25) is 0 Å². The molecule has 0 aromatic rings. The van der Waals surface area contributed by atoms with E-state index in [4.69, 9.17) is 0 Å². The normalized spacial score (nSPS) is 11.9. The minimum Gasteiger partial charge on any atom is -0.464 e. The van der Waals surface area contributed by atoms with E-state index in [2.05, 4.69) is 26.2 Å². The van der Waals surface area contributed by atoms with Crippen LogP contribution in [0.4, 0.5) is 0 Å². The molecule has 15 heavy (non-hydrogen) atoms. The first-order chi connectivity index (χ1) is 7.10. The first kappa shape index (κ1) is 13.0. The lowest BCUT2D eigenvalue weighted by Crippen LogP contribution is -2.15. The molecular formula is C9H12N2O4. The Bertz CT molecular complexity index is 331. The van der Waals surface area contributed by atoms with Gasteiger partial charge in [-0.15, -0.1) is 0 Å². The van der Waals surface area contributed by atoms with Crippen LogP contribution in [0.25, 0.3) is 0 Å². The molecule has 0 aliphatic carbocycles. The summed E-state index contributed by atoms with van der Waals surface area (Å²) in [5.41, 5.74) is -0.145. The summed E-state index contributed by atoms with van der Waals surface area (Å²) in [5, 5.41) is 0. The zero-order valence-electron chi connectivity index (χ0n) is 8.81. The highest BCUT2D eigenvalue weighted by molar-refractivity contribution is 6.41. The van der Waals surface area contributed by atoms with Crippen LogP contribution in [0.1, 0.15) is 0 Å². The Morgan fingerprint density at radius 2 is 1.73 bits per heavy atom. The van der Waals surface area contributed by atoms with Crippen molar-refractivity contribution >= 4 is 24.4 Å². The molecule has 0 spiro atoms. The van der Waals surface area contributed by atoms with Gasteiger partial charge in [0, 0.05) is 13.1 Å². The minimum absolute atomic E-state index is 0.0368. The number of hydrogen-bond acceptors (Lipinski definition) is 6. The summed E-state index contributed by atoms with van der Waals surface area (Å²) < 4.78 is 8.85. The van der Waals surface area contributed by atoms with Crippen LogP contribution in [0.5, 0.6) is 0 Å². The first-order valence-corrected chi connectivity index (χ1v) is 3.92. The molecule has 0 aliphatic heterocycles. The predicted molar refractivity (Wildman–Crippen MR) is 55.0 cm³/mol. The predicted octanol–water partition coefficient (Wildman–Crippen LogP) is -0.0123. The van der Waals surface area contributed by atoms with Gasteiger partial charge >= 0.3 is 11.9 Å². The van der Waals surface area contributed by atoms with Gasteiger partial charge in [-0.3, -0.25) is 9.98 Å². The molecule has 6 nitrogen and oxygen atoms in total. The molecule has 0 bridgehead atoms. The largest absolute Gasteiger partial charge is 0.464 e. The van der Waals surface area contributed by atoms with Crippen LogP contribution < -0.4 is 0 Å². The van der Waals surface area contributed by atoms with Crippen molar-refractivity contribution in [3.8, 4) is 0 Å².